The van der Waals surface area contributed by atoms with Crippen LogP contribution < -0.4 is 0 Å². The molecule has 106 valence electrons. The van der Waals surface area contributed by atoms with Crippen molar-refractivity contribution in [3.8, 4) is 10.6 Å². The molecular weight excluding hydrogens is 294 g/mol. The molecule has 1 N–H and O–H groups in total. The van der Waals surface area contributed by atoms with E-state index in [0.717, 1.165) is 31.6 Å². The van der Waals surface area contributed by atoms with Crippen molar-refractivity contribution in [2.75, 3.05) is 0 Å². The number of hydrogen-bond acceptors (Lipinski definition) is 3. The molecule has 0 fully saturated rings. The van der Waals surface area contributed by atoms with Crippen LogP contribution in [0.1, 0.15) is 10.4 Å². The minimum absolute atomic E-state index is 0.312. The van der Waals surface area contributed by atoms with Crippen molar-refractivity contribution in [1.29, 1.82) is 0 Å². The van der Waals surface area contributed by atoms with Crippen LogP contribution in [0.25, 0.3) is 31.6 Å². The van der Waals surface area contributed by atoms with Gasteiger partial charge in [-0.1, -0.05) is 42.5 Å². The summed E-state index contributed by atoms with van der Waals surface area (Å²) in [6.07, 6.45) is 0. The summed E-state index contributed by atoms with van der Waals surface area (Å²) < 4.78 is 1.10. The Labute approximate surface area is 130 Å². The first-order valence-corrected chi connectivity index (χ1v) is 7.67. The maximum Gasteiger partial charge on any atom is 0.336 e. The zero-order valence-corrected chi connectivity index (χ0v) is 12.3. The van der Waals surface area contributed by atoms with Gasteiger partial charge in [-0.2, -0.15) is 0 Å². The zero-order chi connectivity index (χ0) is 15.1. The van der Waals surface area contributed by atoms with Crippen LogP contribution >= 0.6 is 11.3 Å². The lowest BCUT2D eigenvalue weighted by molar-refractivity contribution is 0.0699. The third kappa shape index (κ3) is 1.96. The Hall–Kier alpha value is -2.72. The van der Waals surface area contributed by atoms with E-state index in [9.17, 15) is 9.90 Å². The second-order valence-corrected chi connectivity index (χ2v) is 6.03. The summed E-state index contributed by atoms with van der Waals surface area (Å²) in [4.78, 5) is 16.2. The molecule has 0 saturated heterocycles. The van der Waals surface area contributed by atoms with Crippen molar-refractivity contribution >= 4 is 38.3 Å². The highest BCUT2D eigenvalue weighted by atomic mass is 32.1. The van der Waals surface area contributed by atoms with Gasteiger partial charge in [0.05, 0.1) is 15.8 Å². The quantitative estimate of drug-likeness (QED) is 0.578. The molecule has 4 heteroatoms. The van der Waals surface area contributed by atoms with E-state index >= 15 is 0 Å². The van der Waals surface area contributed by atoms with Crippen LogP contribution in [-0.2, 0) is 0 Å². The van der Waals surface area contributed by atoms with Crippen LogP contribution in [0.3, 0.4) is 0 Å². The molecule has 4 rings (SSSR count). The van der Waals surface area contributed by atoms with Gasteiger partial charge in [0.2, 0.25) is 0 Å². The van der Waals surface area contributed by atoms with Gasteiger partial charge in [-0.15, -0.1) is 11.3 Å². The molecule has 4 aromatic rings. The summed E-state index contributed by atoms with van der Waals surface area (Å²) >= 11 is 1.58. The van der Waals surface area contributed by atoms with E-state index in [-0.39, 0.29) is 0 Å². The number of hydrogen-bond donors (Lipinski definition) is 1. The predicted molar refractivity (Wildman–Crippen MR) is 89.5 cm³/mol. The maximum atomic E-state index is 11.6. The molecule has 0 bridgehead atoms. The minimum atomic E-state index is -0.917. The van der Waals surface area contributed by atoms with Crippen molar-refractivity contribution < 1.29 is 9.90 Å². The summed E-state index contributed by atoms with van der Waals surface area (Å²) in [7, 11) is 0. The van der Waals surface area contributed by atoms with Gasteiger partial charge >= 0.3 is 5.97 Å². The van der Waals surface area contributed by atoms with Crippen LogP contribution in [0.15, 0.2) is 60.7 Å². The van der Waals surface area contributed by atoms with E-state index in [0.29, 0.717) is 5.56 Å². The number of aromatic nitrogens is 1. The van der Waals surface area contributed by atoms with E-state index in [4.69, 9.17) is 0 Å². The van der Waals surface area contributed by atoms with Crippen molar-refractivity contribution in [3.63, 3.8) is 0 Å². The normalized spacial score (nSPS) is 11.1. The van der Waals surface area contributed by atoms with Crippen molar-refractivity contribution in [2.24, 2.45) is 0 Å². The highest BCUT2D eigenvalue weighted by molar-refractivity contribution is 7.21. The molecule has 3 nitrogen and oxygen atoms in total. The number of rotatable bonds is 2. The smallest absolute Gasteiger partial charge is 0.336 e. The van der Waals surface area contributed by atoms with Crippen molar-refractivity contribution in [1.82, 2.24) is 4.98 Å². The molecule has 0 saturated carbocycles. The number of nitrogens with zero attached hydrogens (tertiary/aromatic N) is 1. The highest BCUT2D eigenvalue weighted by Gasteiger charge is 2.15. The number of para-hydroxylation sites is 1. The van der Waals surface area contributed by atoms with Gasteiger partial charge in [-0.05, 0) is 23.6 Å². The summed E-state index contributed by atoms with van der Waals surface area (Å²) in [5, 5.41) is 12.0. The minimum Gasteiger partial charge on any atom is -0.478 e. The topological polar surface area (TPSA) is 50.2 Å². The molecule has 1 aromatic heterocycles. The molecule has 0 aliphatic carbocycles. The molecule has 0 spiro atoms. The van der Waals surface area contributed by atoms with E-state index in [1.807, 2.05) is 48.5 Å². The van der Waals surface area contributed by atoms with Gasteiger partial charge < -0.3 is 5.11 Å². The number of thiazole rings is 1. The predicted octanol–water partition coefficient (Wildman–Crippen LogP) is 4.81. The fraction of sp³-hybridized carbons (Fsp3) is 0. The number of carboxylic acids is 1. The molecular formula is C18H11NO2S. The number of benzene rings is 3. The Bertz CT molecular complexity index is 982. The van der Waals surface area contributed by atoms with Crippen LogP contribution in [0.5, 0.6) is 0 Å². The number of carboxylic acid groups (broad SMARTS) is 1. The van der Waals surface area contributed by atoms with Crippen LogP contribution in [0, 0.1) is 0 Å². The second kappa shape index (κ2) is 4.93. The molecule has 0 atom stereocenters. The zero-order valence-electron chi connectivity index (χ0n) is 11.5. The van der Waals surface area contributed by atoms with E-state index < -0.39 is 5.97 Å². The molecule has 22 heavy (non-hydrogen) atoms. The SMILES string of the molecule is O=C(O)c1cccc2cccc(-c3nc4ccccc4s3)c12. The first-order chi connectivity index (χ1) is 10.7. The van der Waals surface area contributed by atoms with Crippen LogP contribution in [-0.4, -0.2) is 16.1 Å². The fourth-order valence-electron chi connectivity index (χ4n) is 2.68. The Morgan fingerprint density at radius 2 is 1.73 bits per heavy atom. The van der Waals surface area contributed by atoms with Gasteiger partial charge in [0.25, 0.3) is 0 Å². The van der Waals surface area contributed by atoms with E-state index in [1.54, 1.807) is 23.5 Å². The maximum absolute atomic E-state index is 11.6. The van der Waals surface area contributed by atoms with E-state index in [2.05, 4.69) is 4.98 Å². The third-order valence-corrected chi connectivity index (χ3v) is 4.73. The van der Waals surface area contributed by atoms with Crippen molar-refractivity contribution in [2.45, 2.75) is 0 Å². The van der Waals surface area contributed by atoms with Gasteiger partial charge in [-0.25, -0.2) is 9.78 Å². The van der Waals surface area contributed by atoms with Gasteiger partial charge in [0.15, 0.2) is 0 Å². The number of carbonyl (C=O) groups is 1. The lowest BCUT2D eigenvalue weighted by atomic mass is 9.99. The van der Waals surface area contributed by atoms with Crippen LogP contribution in [0.4, 0.5) is 0 Å². The van der Waals surface area contributed by atoms with Gasteiger partial charge in [0, 0.05) is 10.9 Å². The monoisotopic (exact) mass is 305 g/mol. The summed E-state index contributed by atoms with van der Waals surface area (Å²) in [6.45, 7) is 0. The Kier molecular flexibility index (Phi) is 2.91. The molecule has 3 aromatic carbocycles. The van der Waals surface area contributed by atoms with Crippen LogP contribution in [0.2, 0.25) is 0 Å². The summed E-state index contributed by atoms with van der Waals surface area (Å²) in [5.41, 5.74) is 2.12. The molecule has 0 aliphatic rings. The fourth-order valence-corrected chi connectivity index (χ4v) is 3.68. The first kappa shape index (κ1) is 13.0. The summed E-state index contributed by atoms with van der Waals surface area (Å²) in [6, 6.07) is 19.1. The molecule has 0 aliphatic heterocycles. The Balaban J connectivity index is 2.08. The van der Waals surface area contributed by atoms with Crippen molar-refractivity contribution in [3.05, 3.63) is 66.2 Å². The highest BCUT2D eigenvalue weighted by Crippen LogP contribution is 2.36. The average molecular weight is 305 g/mol. The summed E-state index contributed by atoms with van der Waals surface area (Å²) in [5.74, 6) is -0.917. The standard InChI is InChI=1S/C18H11NO2S/c20-18(21)13-8-4-6-11-5-3-7-12(16(11)13)17-19-14-9-1-2-10-15(14)22-17/h1-10H,(H,20,21). The molecule has 0 radical (unpaired) electrons. The lowest BCUT2D eigenvalue weighted by Crippen LogP contribution is -1.98. The lowest BCUT2D eigenvalue weighted by Gasteiger charge is -2.07. The largest absolute Gasteiger partial charge is 0.478 e. The molecule has 0 unspecified atom stereocenters. The molecule has 0 amide bonds. The first-order valence-electron chi connectivity index (χ1n) is 6.85. The second-order valence-electron chi connectivity index (χ2n) is 5.00. The van der Waals surface area contributed by atoms with E-state index in [1.165, 1.54) is 0 Å². The number of fused-ring (bicyclic) bond motifs is 2. The third-order valence-electron chi connectivity index (χ3n) is 3.66. The average Bonchev–Trinajstić information content (AvgIpc) is 2.97. The number of aromatic carboxylic acids is 1. The Morgan fingerprint density at radius 3 is 2.50 bits per heavy atom. The van der Waals surface area contributed by atoms with Gasteiger partial charge in [-0.3, -0.25) is 0 Å². The van der Waals surface area contributed by atoms with Gasteiger partial charge in [0.1, 0.15) is 5.01 Å². The Morgan fingerprint density at radius 1 is 0.955 bits per heavy atom. The molecule has 1 heterocycles.